The first kappa shape index (κ1) is 25.7. The van der Waals surface area contributed by atoms with Gasteiger partial charge in [0.05, 0.1) is 4.90 Å². The third-order valence-electron chi connectivity index (χ3n) is 7.27. The van der Waals surface area contributed by atoms with Crippen LogP contribution in [0.3, 0.4) is 0 Å². The van der Waals surface area contributed by atoms with E-state index < -0.39 is 27.8 Å². The molecule has 5 nitrogen and oxygen atoms in total. The number of nitrogens with zero attached hydrogens (tertiary/aromatic N) is 2. The van der Waals surface area contributed by atoms with Crippen molar-refractivity contribution in [3.63, 3.8) is 0 Å². The molecule has 4 rings (SSSR count). The first-order valence-corrected chi connectivity index (χ1v) is 13.5. The van der Waals surface area contributed by atoms with Crippen molar-refractivity contribution in [3.8, 4) is 11.1 Å². The van der Waals surface area contributed by atoms with Gasteiger partial charge in [-0.05, 0) is 55.9 Å². The molecule has 2 aromatic rings. The van der Waals surface area contributed by atoms with Crippen LogP contribution in [0.4, 0.5) is 13.2 Å². The average molecular weight is 509 g/mol. The van der Waals surface area contributed by atoms with Gasteiger partial charge in [0.25, 0.3) is 0 Å². The zero-order chi connectivity index (χ0) is 25.4. The lowest BCUT2D eigenvalue weighted by Gasteiger charge is -2.37. The fourth-order valence-electron chi connectivity index (χ4n) is 5.14. The van der Waals surface area contributed by atoms with Crippen LogP contribution in [-0.4, -0.2) is 55.1 Å². The van der Waals surface area contributed by atoms with E-state index in [4.69, 9.17) is 0 Å². The predicted molar refractivity (Wildman–Crippen MR) is 128 cm³/mol. The topological polar surface area (TPSA) is 57.7 Å². The van der Waals surface area contributed by atoms with Crippen molar-refractivity contribution in [1.82, 2.24) is 9.21 Å². The summed E-state index contributed by atoms with van der Waals surface area (Å²) >= 11 is 0. The molecule has 1 atom stereocenters. The largest absolute Gasteiger partial charge is 0.341 e. The van der Waals surface area contributed by atoms with Crippen LogP contribution < -0.4 is 0 Å². The van der Waals surface area contributed by atoms with Crippen LogP contribution in [0.1, 0.15) is 51.0 Å². The van der Waals surface area contributed by atoms with E-state index in [1.165, 1.54) is 21.3 Å². The van der Waals surface area contributed by atoms with E-state index in [9.17, 15) is 26.4 Å². The van der Waals surface area contributed by atoms with E-state index in [0.717, 1.165) is 5.56 Å². The van der Waals surface area contributed by atoms with Crippen molar-refractivity contribution in [2.45, 2.75) is 74.8 Å². The molecule has 1 amide bonds. The maximum absolute atomic E-state index is 14.7. The minimum absolute atomic E-state index is 0.0422. The molecule has 2 fully saturated rings. The van der Waals surface area contributed by atoms with Gasteiger partial charge in [0, 0.05) is 43.6 Å². The number of sulfonamides is 1. The Labute approximate surface area is 205 Å². The summed E-state index contributed by atoms with van der Waals surface area (Å²) < 4.78 is 70.8. The van der Waals surface area contributed by atoms with Crippen molar-refractivity contribution < 1.29 is 26.4 Å². The molecular formula is C26H31F3N2O3S. The molecule has 0 radical (unpaired) electrons. The second-order valence-corrected chi connectivity index (χ2v) is 11.3. The van der Waals surface area contributed by atoms with Gasteiger partial charge in [-0.2, -0.15) is 4.31 Å². The number of carbonyl (C=O) groups is 1. The molecule has 2 aliphatic rings. The Kier molecular flexibility index (Phi) is 7.29. The quantitative estimate of drug-likeness (QED) is 0.536. The molecular weight excluding hydrogens is 477 g/mol. The standard InChI is InChI=1S/C26H31F3N2O3S/c1-3-18-10-11-24(21(17-18)20-7-4-5-8-22(20)27)35(33,34)31-16-6-9-23(31)25(32)30(2)19-12-14-26(28,29)15-13-19/h4-5,7-8,10-11,17,19,23H,3,6,9,12-16H2,1-2H3/t23-/m0/s1. The van der Waals surface area contributed by atoms with Gasteiger partial charge < -0.3 is 4.90 Å². The molecule has 35 heavy (non-hydrogen) atoms. The Morgan fingerprint density at radius 2 is 1.77 bits per heavy atom. The molecule has 2 aromatic carbocycles. The number of halogens is 3. The van der Waals surface area contributed by atoms with Gasteiger partial charge in [-0.1, -0.05) is 31.2 Å². The van der Waals surface area contributed by atoms with Crippen molar-refractivity contribution in [2.75, 3.05) is 13.6 Å². The number of carbonyl (C=O) groups excluding carboxylic acids is 1. The molecule has 0 N–H and O–H groups in total. The summed E-state index contributed by atoms with van der Waals surface area (Å²) in [6.07, 6.45) is 1.32. The van der Waals surface area contributed by atoms with Crippen molar-refractivity contribution in [1.29, 1.82) is 0 Å². The lowest BCUT2D eigenvalue weighted by Crippen LogP contribution is -2.50. The van der Waals surface area contributed by atoms with Crippen LogP contribution in [0.5, 0.6) is 0 Å². The predicted octanol–water partition coefficient (Wildman–Crippen LogP) is 5.24. The minimum atomic E-state index is -4.14. The summed E-state index contributed by atoms with van der Waals surface area (Å²) in [6.45, 7) is 2.10. The van der Waals surface area contributed by atoms with Crippen LogP contribution in [0.15, 0.2) is 47.4 Å². The van der Waals surface area contributed by atoms with Gasteiger partial charge in [0.15, 0.2) is 0 Å². The number of benzene rings is 2. The molecule has 0 spiro atoms. The fourth-order valence-corrected chi connectivity index (χ4v) is 6.98. The molecule has 1 saturated heterocycles. The lowest BCUT2D eigenvalue weighted by molar-refractivity contribution is -0.138. The van der Waals surface area contributed by atoms with E-state index in [0.29, 0.717) is 19.3 Å². The molecule has 9 heteroatoms. The zero-order valence-electron chi connectivity index (χ0n) is 20.0. The van der Waals surface area contributed by atoms with Crippen LogP contribution in [0, 0.1) is 5.82 Å². The van der Waals surface area contributed by atoms with E-state index in [1.807, 2.05) is 6.92 Å². The Balaban J connectivity index is 1.66. The highest BCUT2D eigenvalue weighted by Gasteiger charge is 2.44. The highest BCUT2D eigenvalue weighted by Crippen LogP contribution is 2.37. The van der Waals surface area contributed by atoms with Gasteiger partial charge in [-0.25, -0.2) is 21.6 Å². The molecule has 1 saturated carbocycles. The Morgan fingerprint density at radius 1 is 1.09 bits per heavy atom. The summed E-state index contributed by atoms with van der Waals surface area (Å²) in [5, 5.41) is 0. The van der Waals surface area contributed by atoms with Gasteiger partial charge in [-0.3, -0.25) is 4.79 Å². The second kappa shape index (κ2) is 9.93. The third-order valence-corrected chi connectivity index (χ3v) is 9.24. The maximum Gasteiger partial charge on any atom is 0.248 e. The first-order chi connectivity index (χ1) is 16.5. The normalized spacial score (nSPS) is 21.2. The van der Waals surface area contributed by atoms with Crippen molar-refractivity contribution >= 4 is 15.9 Å². The minimum Gasteiger partial charge on any atom is -0.341 e. The number of alkyl halides is 2. The Morgan fingerprint density at radius 3 is 2.43 bits per heavy atom. The molecule has 0 unspecified atom stereocenters. The molecule has 190 valence electrons. The number of likely N-dealkylation sites (N-methyl/N-ethyl adjacent to an activating group) is 1. The van der Waals surface area contributed by atoms with E-state index >= 15 is 0 Å². The smallest absolute Gasteiger partial charge is 0.248 e. The molecule has 1 heterocycles. The summed E-state index contributed by atoms with van der Waals surface area (Å²) in [7, 11) is -2.57. The van der Waals surface area contributed by atoms with Crippen molar-refractivity contribution in [3.05, 3.63) is 53.8 Å². The number of hydrogen-bond acceptors (Lipinski definition) is 3. The van der Waals surface area contributed by atoms with Gasteiger partial charge in [0.2, 0.25) is 21.9 Å². The highest BCUT2D eigenvalue weighted by molar-refractivity contribution is 7.89. The fraction of sp³-hybridized carbons (Fsp3) is 0.500. The van der Waals surface area contributed by atoms with Gasteiger partial charge in [0.1, 0.15) is 11.9 Å². The summed E-state index contributed by atoms with van der Waals surface area (Å²) in [6, 6.07) is 9.66. The van der Waals surface area contributed by atoms with Gasteiger partial charge >= 0.3 is 0 Å². The highest BCUT2D eigenvalue weighted by atomic mass is 32.2. The number of amides is 1. The SMILES string of the molecule is CCc1ccc(S(=O)(=O)N2CCC[C@H]2C(=O)N(C)C2CCC(F)(F)CC2)c(-c2ccccc2F)c1. The molecule has 0 bridgehead atoms. The van der Waals surface area contributed by atoms with E-state index in [1.54, 1.807) is 37.4 Å². The van der Waals surface area contributed by atoms with Gasteiger partial charge in [-0.15, -0.1) is 0 Å². The van der Waals surface area contributed by atoms with Crippen LogP contribution in [0.2, 0.25) is 0 Å². The average Bonchev–Trinajstić information content (AvgIpc) is 3.34. The third kappa shape index (κ3) is 5.11. The van der Waals surface area contributed by atoms with Crippen LogP contribution in [-0.2, 0) is 21.2 Å². The van der Waals surface area contributed by atoms with E-state index in [-0.39, 0.29) is 60.2 Å². The van der Waals surface area contributed by atoms with Crippen molar-refractivity contribution in [2.24, 2.45) is 0 Å². The zero-order valence-corrected chi connectivity index (χ0v) is 20.8. The second-order valence-electron chi connectivity index (χ2n) is 9.47. The molecule has 0 aromatic heterocycles. The maximum atomic E-state index is 14.7. The molecule has 1 aliphatic carbocycles. The number of aryl methyl sites for hydroxylation is 1. The summed E-state index contributed by atoms with van der Waals surface area (Å²) in [5.41, 5.74) is 1.32. The Hall–Kier alpha value is -2.39. The first-order valence-electron chi connectivity index (χ1n) is 12.1. The van der Waals surface area contributed by atoms with E-state index in [2.05, 4.69) is 0 Å². The summed E-state index contributed by atoms with van der Waals surface area (Å²) in [5.74, 6) is -3.62. The number of hydrogen-bond donors (Lipinski definition) is 0. The summed E-state index contributed by atoms with van der Waals surface area (Å²) in [4.78, 5) is 14.8. The van der Waals surface area contributed by atoms with Crippen LogP contribution in [0.25, 0.3) is 11.1 Å². The lowest BCUT2D eigenvalue weighted by atomic mass is 9.91. The number of rotatable bonds is 6. The van der Waals surface area contributed by atoms with Crippen LogP contribution >= 0.6 is 0 Å². The molecule has 1 aliphatic heterocycles. The Bertz CT molecular complexity index is 1190. The monoisotopic (exact) mass is 508 g/mol.